The Hall–Kier alpha value is -1.68. The Morgan fingerprint density at radius 2 is 2.06 bits per heavy atom. The molecule has 96 valence electrons. The number of aryl methyl sites for hydroxylation is 1. The van der Waals surface area contributed by atoms with E-state index in [0.717, 1.165) is 23.5 Å². The number of rotatable bonds is 4. The van der Waals surface area contributed by atoms with E-state index in [-0.39, 0.29) is 6.04 Å². The molecule has 1 atom stereocenters. The second kappa shape index (κ2) is 5.31. The normalized spacial score (nSPS) is 12.7. The third-order valence-electron chi connectivity index (χ3n) is 3.37. The molecule has 1 heterocycles. The summed E-state index contributed by atoms with van der Waals surface area (Å²) < 4.78 is 1.93. The molecule has 4 heteroatoms. The van der Waals surface area contributed by atoms with Crippen LogP contribution in [0.4, 0.5) is 0 Å². The first kappa shape index (κ1) is 12.8. The summed E-state index contributed by atoms with van der Waals surface area (Å²) in [7, 11) is 1.93. The summed E-state index contributed by atoms with van der Waals surface area (Å²) in [6.45, 7) is 6.31. The highest BCUT2D eigenvalue weighted by atomic mass is 15.4. The number of nitrogens with one attached hydrogen (secondary N) is 1. The Morgan fingerprint density at radius 1 is 1.33 bits per heavy atom. The third-order valence-corrected chi connectivity index (χ3v) is 3.37. The third kappa shape index (κ3) is 2.16. The molecule has 1 unspecified atom stereocenters. The van der Waals surface area contributed by atoms with E-state index in [4.69, 9.17) is 0 Å². The van der Waals surface area contributed by atoms with Crippen LogP contribution in [0.5, 0.6) is 0 Å². The quantitative estimate of drug-likeness (QED) is 0.898. The van der Waals surface area contributed by atoms with E-state index in [2.05, 4.69) is 54.6 Å². The first-order chi connectivity index (χ1) is 8.69. The van der Waals surface area contributed by atoms with Gasteiger partial charge in [-0.25, -0.2) is 4.68 Å². The van der Waals surface area contributed by atoms with Crippen LogP contribution in [0, 0.1) is 6.92 Å². The Kier molecular flexibility index (Phi) is 3.77. The van der Waals surface area contributed by atoms with Gasteiger partial charge in [0.2, 0.25) is 0 Å². The summed E-state index contributed by atoms with van der Waals surface area (Å²) in [4.78, 5) is 0. The zero-order valence-electron chi connectivity index (χ0n) is 11.4. The highest BCUT2D eigenvalue weighted by Gasteiger charge is 2.15. The van der Waals surface area contributed by atoms with Crippen LogP contribution in [0.1, 0.15) is 36.8 Å². The van der Waals surface area contributed by atoms with Crippen LogP contribution in [0.3, 0.4) is 0 Å². The van der Waals surface area contributed by atoms with Crippen molar-refractivity contribution in [2.45, 2.75) is 33.2 Å². The van der Waals surface area contributed by atoms with E-state index >= 15 is 0 Å². The summed E-state index contributed by atoms with van der Waals surface area (Å²) >= 11 is 0. The van der Waals surface area contributed by atoms with Crippen molar-refractivity contribution in [2.24, 2.45) is 0 Å². The van der Waals surface area contributed by atoms with Crippen LogP contribution in [0.25, 0.3) is 5.69 Å². The van der Waals surface area contributed by atoms with E-state index in [1.165, 1.54) is 5.56 Å². The van der Waals surface area contributed by atoms with Crippen molar-refractivity contribution >= 4 is 0 Å². The van der Waals surface area contributed by atoms with Gasteiger partial charge in [0.05, 0.1) is 17.4 Å². The van der Waals surface area contributed by atoms with Gasteiger partial charge < -0.3 is 5.32 Å². The summed E-state index contributed by atoms with van der Waals surface area (Å²) in [6, 6.07) is 8.54. The SMILES string of the molecule is CCc1ccccc1-n1nnc(C(C)NC)c1C. The molecule has 0 radical (unpaired) electrons. The minimum absolute atomic E-state index is 0.215. The van der Waals surface area contributed by atoms with Gasteiger partial charge in [-0.3, -0.25) is 0 Å². The van der Waals surface area contributed by atoms with Gasteiger partial charge in [-0.2, -0.15) is 0 Å². The average Bonchev–Trinajstić information content (AvgIpc) is 2.79. The standard InChI is InChI=1S/C14H20N4/c1-5-12-8-6-7-9-13(12)18-11(3)14(16-17-18)10(2)15-4/h6-10,15H,5H2,1-4H3. The van der Waals surface area contributed by atoms with Crippen molar-refractivity contribution in [3.05, 3.63) is 41.2 Å². The molecule has 2 aromatic rings. The molecule has 4 nitrogen and oxygen atoms in total. The lowest BCUT2D eigenvalue weighted by molar-refractivity contribution is 0.627. The zero-order valence-corrected chi connectivity index (χ0v) is 11.4. The predicted octanol–water partition coefficient (Wildman–Crippen LogP) is 2.42. The highest BCUT2D eigenvalue weighted by molar-refractivity contribution is 5.41. The maximum atomic E-state index is 4.29. The van der Waals surface area contributed by atoms with Crippen LogP contribution < -0.4 is 5.32 Å². The smallest absolute Gasteiger partial charge is 0.103 e. The zero-order chi connectivity index (χ0) is 13.1. The largest absolute Gasteiger partial charge is 0.312 e. The number of hydrogen-bond donors (Lipinski definition) is 1. The Balaban J connectivity index is 2.49. The highest BCUT2D eigenvalue weighted by Crippen LogP contribution is 2.20. The van der Waals surface area contributed by atoms with Gasteiger partial charge in [-0.15, -0.1) is 5.10 Å². The number of aromatic nitrogens is 3. The molecule has 0 spiro atoms. The van der Waals surface area contributed by atoms with Gasteiger partial charge in [0.25, 0.3) is 0 Å². The summed E-state index contributed by atoms with van der Waals surface area (Å²) in [5, 5.41) is 11.8. The van der Waals surface area contributed by atoms with Gasteiger partial charge >= 0.3 is 0 Å². The molecule has 1 aromatic carbocycles. The van der Waals surface area contributed by atoms with Crippen molar-refractivity contribution in [3.63, 3.8) is 0 Å². The molecule has 1 N–H and O–H groups in total. The maximum absolute atomic E-state index is 4.29. The monoisotopic (exact) mass is 244 g/mol. The molecule has 1 aromatic heterocycles. The van der Waals surface area contributed by atoms with Crippen LogP contribution in [0.15, 0.2) is 24.3 Å². The van der Waals surface area contributed by atoms with E-state index in [1.807, 2.05) is 17.8 Å². The minimum atomic E-state index is 0.215. The Labute approximate surface area is 108 Å². The van der Waals surface area contributed by atoms with Gasteiger partial charge in [0.15, 0.2) is 0 Å². The van der Waals surface area contributed by atoms with Gasteiger partial charge in [-0.1, -0.05) is 30.3 Å². The van der Waals surface area contributed by atoms with Crippen molar-refractivity contribution in [2.75, 3.05) is 7.05 Å². The number of para-hydroxylation sites is 1. The first-order valence-electron chi connectivity index (χ1n) is 6.36. The Morgan fingerprint density at radius 3 is 2.72 bits per heavy atom. The summed E-state index contributed by atoms with van der Waals surface area (Å²) in [5.41, 5.74) is 4.51. The van der Waals surface area contributed by atoms with Crippen molar-refractivity contribution in [1.82, 2.24) is 20.3 Å². The predicted molar refractivity (Wildman–Crippen MR) is 72.9 cm³/mol. The molecule has 18 heavy (non-hydrogen) atoms. The topological polar surface area (TPSA) is 42.7 Å². The number of benzene rings is 1. The Bertz CT molecular complexity index is 530. The van der Waals surface area contributed by atoms with E-state index in [9.17, 15) is 0 Å². The molecular formula is C14H20N4. The van der Waals surface area contributed by atoms with Crippen molar-refractivity contribution in [3.8, 4) is 5.69 Å². The minimum Gasteiger partial charge on any atom is -0.312 e. The molecule has 0 fully saturated rings. The van der Waals surface area contributed by atoms with Gasteiger partial charge in [0, 0.05) is 0 Å². The molecular weight excluding hydrogens is 224 g/mol. The molecule has 2 rings (SSSR count). The fourth-order valence-corrected chi connectivity index (χ4v) is 2.12. The van der Waals surface area contributed by atoms with E-state index in [0.29, 0.717) is 0 Å². The van der Waals surface area contributed by atoms with E-state index in [1.54, 1.807) is 0 Å². The summed E-state index contributed by atoms with van der Waals surface area (Å²) in [6.07, 6.45) is 0.992. The molecule has 0 aliphatic rings. The molecule has 0 aliphatic carbocycles. The lowest BCUT2D eigenvalue weighted by Gasteiger charge is -2.10. The average molecular weight is 244 g/mol. The van der Waals surface area contributed by atoms with Crippen LogP contribution in [-0.2, 0) is 6.42 Å². The first-order valence-corrected chi connectivity index (χ1v) is 6.36. The fraction of sp³-hybridized carbons (Fsp3) is 0.429. The van der Waals surface area contributed by atoms with Crippen LogP contribution in [-0.4, -0.2) is 22.0 Å². The van der Waals surface area contributed by atoms with E-state index < -0.39 is 0 Å². The molecule has 0 bridgehead atoms. The number of hydrogen-bond acceptors (Lipinski definition) is 3. The number of nitrogens with zero attached hydrogens (tertiary/aromatic N) is 3. The van der Waals surface area contributed by atoms with Crippen LogP contribution in [0.2, 0.25) is 0 Å². The maximum Gasteiger partial charge on any atom is 0.103 e. The lowest BCUT2D eigenvalue weighted by Crippen LogP contribution is -2.14. The molecule has 0 saturated heterocycles. The van der Waals surface area contributed by atoms with Crippen molar-refractivity contribution < 1.29 is 0 Å². The molecule has 0 amide bonds. The molecule has 0 aliphatic heterocycles. The second-order valence-electron chi connectivity index (χ2n) is 4.46. The van der Waals surface area contributed by atoms with Crippen molar-refractivity contribution in [1.29, 1.82) is 0 Å². The lowest BCUT2D eigenvalue weighted by atomic mass is 10.1. The summed E-state index contributed by atoms with van der Waals surface area (Å²) in [5.74, 6) is 0. The molecule has 0 saturated carbocycles. The fourth-order valence-electron chi connectivity index (χ4n) is 2.12. The van der Waals surface area contributed by atoms with Gasteiger partial charge in [0.1, 0.15) is 5.69 Å². The van der Waals surface area contributed by atoms with Gasteiger partial charge in [-0.05, 0) is 38.9 Å². The second-order valence-corrected chi connectivity index (χ2v) is 4.46. The van der Waals surface area contributed by atoms with Crippen LogP contribution >= 0.6 is 0 Å².